The van der Waals surface area contributed by atoms with E-state index in [1.165, 1.54) is 96.7 Å². The number of imide groups is 3. The molecule has 13 heterocycles. The maximum atomic E-state index is 15.0. The van der Waals surface area contributed by atoms with E-state index >= 15 is 8.78 Å². The maximum Gasteiger partial charge on any atom is 0.328 e. The number of nitrogens with zero attached hydrogens (tertiary/aromatic N) is 10. The van der Waals surface area contributed by atoms with Crippen molar-refractivity contribution < 1.29 is 118 Å². The summed E-state index contributed by atoms with van der Waals surface area (Å²) in [4.78, 5) is 205. The summed E-state index contributed by atoms with van der Waals surface area (Å²) in [5.41, 5.74) is 5.59. The molecule has 39 nitrogen and oxygen atoms in total. The van der Waals surface area contributed by atoms with E-state index in [2.05, 4.69) is 41.2 Å². The van der Waals surface area contributed by atoms with Crippen LogP contribution in [-0.2, 0) is 79.2 Å². The van der Waals surface area contributed by atoms with Gasteiger partial charge in [-0.1, -0.05) is 18.2 Å². The number of carbonyl (C=O) groups is 14. The van der Waals surface area contributed by atoms with E-state index in [0.29, 0.717) is 49.2 Å². The van der Waals surface area contributed by atoms with E-state index in [1.807, 2.05) is 6.07 Å². The van der Waals surface area contributed by atoms with Gasteiger partial charge in [0.1, 0.15) is 56.8 Å². The number of fused-ring (bicyclic) bond motifs is 6. The van der Waals surface area contributed by atoms with Gasteiger partial charge < -0.3 is 89.1 Å². The molecule has 41 heteroatoms. The smallest absolute Gasteiger partial charge is 0.328 e. The van der Waals surface area contributed by atoms with Gasteiger partial charge >= 0.3 is 36.0 Å². The zero-order valence-electron chi connectivity index (χ0n) is 69.7. The molecule has 8 N–H and O–H groups in total. The molecule has 0 saturated carbocycles. The Hall–Kier alpha value is -15.5. The Morgan fingerprint density at radius 2 is 0.841 bits per heavy atom. The number of amides is 14. The van der Waals surface area contributed by atoms with Crippen molar-refractivity contribution >= 4 is 128 Å². The minimum Gasteiger partial charge on any atom is -0.497 e. The van der Waals surface area contributed by atoms with Crippen molar-refractivity contribution in [2.45, 2.75) is 98.6 Å². The second-order valence-electron chi connectivity index (χ2n) is 33.0. The molecule has 0 unspecified atom stereocenters. The van der Waals surface area contributed by atoms with Gasteiger partial charge in [0, 0.05) is 49.6 Å². The van der Waals surface area contributed by atoms with Gasteiger partial charge in [0.15, 0.2) is 76.7 Å². The Morgan fingerprint density at radius 1 is 0.468 bits per heavy atom. The standard InChI is InChI=1S/C31H30N6O7.2C27H26FN5O8/c1-30(2,3)28(40)43-17-37-27(39)31(35-29(37)41,16-36-15-18-7-8-20(42-4)12-21(18)26(36)38)24-13-22-23(44-24)9-10-25(34-22)33-19-6-5-11-32-14-19;2*1-26(2,3)24(37)40-12-33-23(36)27(31-25(33)38,18-9-15-16(41-18)8-6-14(30-15)21(29)34)11-32-10-13-5-7-17(39-4)20(28)19(13)22(32)35/h5-14H,15-17H2,1-4H3,(H,33,34)(H,35,41);2*5-9H,10-12H2,1-4H3,(H2,29,34)(H,31,38)/t31-;2*27-/m000/s1. The number of benzene rings is 3. The molecule has 126 heavy (non-hydrogen) atoms. The van der Waals surface area contributed by atoms with Gasteiger partial charge in [-0.3, -0.25) is 57.7 Å². The number of pyridine rings is 4. The highest BCUT2D eigenvalue weighted by molar-refractivity contribution is 6.11. The van der Waals surface area contributed by atoms with Crippen LogP contribution < -0.4 is 46.9 Å². The van der Waals surface area contributed by atoms with Gasteiger partial charge in [0.2, 0.25) is 0 Å². The van der Waals surface area contributed by atoms with E-state index in [9.17, 15) is 67.1 Å². The monoisotopic (exact) mass is 1730 g/mol. The van der Waals surface area contributed by atoms with Crippen molar-refractivity contribution in [2.24, 2.45) is 27.7 Å². The van der Waals surface area contributed by atoms with Crippen LogP contribution in [0.15, 0.2) is 135 Å². The minimum absolute atomic E-state index is 0.0639. The van der Waals surface area contributed by atoms with Crippen molar-refractivity contribution in [3.8, 4) is 17.2 Å². The third-order valence-corrected chi connectivity index (χ3v) is 21.2. The molecule has 3 saturated heterocycles. The Balaban J connectivity index is 0.000000153. The number of rotatable bonds is 22. The number of nitrogens with two attached hydrogens (primary N) is 2. The largest absolute Gasteiger partial charge is 0.497 e. The molecular weight excluding hydrogens is 1650 g/mol. The second kappa shape index (κ2) is 32.7. The fourth-order valence-corrected chi connectivity index (χ4v) is 14.5. The lowest BCUT2D eigenvalue weighted by Gasteiger charge is -2.29. The Labute approximate surface area is 713 Å². The molecule has 0 spiro atoms. The minimum atomic E-state index is -2.02. The topological polar surface area (TPSA) is 505 Å². The SMILES string of the molecule is COc1ccc2c(c1)C(=O)N(C[C@@]1(c3cc4nc(Nc5cccnc5)ccc4o3)NC(=O)N(COC(=O)C(C)(C)C)C1=O)C2.COc1ccc2c(c1F)C(=O)N(C[C@@]1(c3cc4nc(C(N)=O)ccc4o3)NC(=O)N(COC(=O)C(C)(C)C)C1=O)C2.COc1ccc2c(c1F)C(=O)N(C[C@@]1(c3cc4nc(C(N)=O)ccc4o3)NC(=O)N(COC(=O)C(C)(C)C)C1=O)C2. The lowest BCUT2D eigenvalue weighted by atomic mass is 9.95. The number of anilines is 2. The van der Waals surface area contributed by atoms with E-state index in [-0.39, 0.29) is 106 Å². The average Bonchev–Trinajstić information content (AvgIpc) is 1.59. The second-order valence-corrected chi connectivity index (χ2v) is 33.0. The molecule has 10 aromatic rings. The Kier molecular flexibility index (Phi) is 22.6. The number of ether oxygens (including phenoxy) is 6. The lowest BCUT2D eigenvalue weighted by Crippen LogP contribution is -2.52. The van der Waals surface area contributed by atoms with Crippen LogP contribution in [0.1, 0.15) is 148 Å². The number of primary amides is 2. The van der Waals surface area contributed by atoms with E-state index in [0.717, 1.165) is 16.2 Å². The van der Waals surface area contributed by atoms with Crippen LogP contribution in [-0.4, -0.2) is 194 Å². The van der Waals surface area contributed by atoms with Crippen molar-refractivity contribution in [2.75, 3.05) is 66.5 Å². The number of urea groups is 3. The van der Waals surface area contributed by atoms with Gasteiger partial charge in [-0.25, -0.2) is 52.8 Å². The van der Waals surface area contributed by atoms with E-state index < -0.39 is 155 Å². The number of furan rings is 3. The van der Waals surface area contributed by atoms with Crippen LogP contribution in [0.3, 0.4) is 0 Å². The lowest BCUT2D eigenvalue weighted by molar-refractivity contribution is -0.160. The highest BCUT2D eigenvalue weighted by Crippen LogP contribution is 2.43. The third kappa shape index (κ3) is 16.1. The predicted molar refractivity (Wildman–Crippen MR) is 432 cm³/mol. The molecule has 0 radical (unpaired) electrons. The summed E-state index contributed by atoms with van der Waals surface area (Å²) in [5, 5.41) is 11.1. The zero-order valence-corrected chi connectivity index (χ0v) is 69.7. The molecule has 16 rings (SSSR count). The van der Waals surface area contributed by atoms with Crippen LogP contribution in [0.5, 0.6) is 17.2 Å². The van der Waals surface area contributed by atoms with Gasteiger partial charge in [0.25, 0.3) is 47.3 Å². The quantitative estimate of drug-likeness (QED) is 0.0213. The summed E-state index contributed by atoms with van der Waals surface area (Å²) >= 11 is 0. The average molecular weight is 1730 g/mol. The molecule has 0 bridgehead atoms. The van der Waals surface area contributed by atoms with Crippen LogP contribution in [0, 0.1) is 27.9 Å². The summed E-state index contributed by atoms with van der Waals surface area (Å²) in [7, 11) is 4.04. The maximum absolute atomic E-state index is 15.0. The fourth-order valence-electron chi connectivity index (χ4n) is 14.5. The molecule has 6 aliphatic heterocycles. The molecule has 3 aromatic carbocycles. The number of halogens is 2. The highest BCUT2D eigenvalue weighted by atomic mass is 19.1. The predicted octanol–water partition coefficient (Wildman–Crippen LogP) is 7.97. The van der Waals surface area contributed by atoms with E-state index in [1.54, 1.807) is 117 Å². The molecule has 0 aliphatic carbocycles. The van der Waals surface area contributed by atoms with Gasteiger partial charge in [-0.2, -0.15) is 0 Å². The first kappa shape index (κ1) is 86.9. The number of nitrogens with one attached hydrogen (secondary N) is 4. The Morgan fingerprint density at radius 3 is 1.21 bits per heavy atom. The van der Waals surface area contributed by atoms with E-state index in [4.69, 9.17) is 53.1 Å². The molecule has 3 atom stereocenters. The Bertz CT molecular complexity index is 6030. The van der Waals surface area contributed by atoms with Gasteiger partial charge in [-0.15, -0.1) is 0 Å². The van der Waals surface area contributed by atoms with Crippen LogP contribution in [0.25, 0.3) is 33.3 Å². The van der Waals surface area contributed by atoms with Crippen molar-refractivity contribution in [3.05, 3.63) is 195 Å². The molecular formula is C85H82F2N16O23. The summed E-state index contributed by atoms with van der Waals surface area (Å²) < 4.78 is 79.0. The number of hydrogen-bond acceptors (Lipinski definition) is 28. The number of carbonyl (C=O) groups excluding carboxylic acids is 14. The van der Waals surface area contributed by atoms with Crippen LogP contribution >= 0.6 is 0 Å². The van der Waals surface area contributed by atoms with Crippen LogP contribution in [0.2, 0.25) is 0 Å². The van der Waals surface area contributed by atoms with Gasteiger partial charge in [0.05, 0.1) is 80.2 Å². The zero-order chi connectivity index (χ0) is 90.9. The number of esters is 3. The summed E-state index contributed by atoms with van der Waals surface area (Å²) in [6, 6.07) is 25.1. The third-order valence-electron chi connectivity index (χ3n) is 21.2. The van der Waals surface area contributed by atoms with Crippen LogP contribution in [0.4, 0.5) is 34.7 Å². The van der Waals surface area contributed by atoms with Crippen molar-refractivity contribution in [1.82, 2.24) is 65.3 Å². The molecule has 7 aromatic heterocycles. The number of hydrogen-bond donors (Lipinski definition) is 6. The number of aromatic nitrogens is 4. The molecule has 14 amide bonds. The first-order valence-corrected chi connectivity index (χ1v) is 38.7. The summed E-state index contributed by atoms with van der Waals surface area (Å²) in [6.45, 7) is 11.5. The van der Waals surface area contributed by atoms with Crippen molar-refractivity contribution in [1.29, 1.82) is 0 Å². The first-order chi connectivity index (χ1) is 59.5. The molecule has 3 fully saturated rings. The number of methoxy groups -OCH3 is 3. The molecule has 654 valence electrons. The summed E-state index contributed by atoms with van der Waals surface area (Å²) in [5.74, 6) is -8.90. The molecule has 6 aliphatic rings. The fraction of sp³-hybridized carbons (Fsp3) is 0.318. The summed E-state index contributed by atoms with van der Waals surface area (Å²) in [6.07, 6.45) is 3.31. The normalized spacial score (nSPS) is 18.4. The first-order valence-electron chi connectivity index (χ1n) is 38.7. The van der Waals surface area contributed by atoms with Gasteiger partial charge in [-0.05, 0) is 152 Å². The highest BCUT2D eigenvalue weighted by Gasteiger charge is 2.61. The van der Waals surface area contributed by atoms with Crippen molar-refractivity contribution in [3.63, 3.8) is 0 Å².